The molecular formula is C25H26N2O7. The lowest BCUT2D eigenvalue weighted by Crippen LogP contribution is -2.32. The number of methoxy groups -OCH3 is 3. The van der Waals surface area contributed by atoms with Crippen molar-refractivity contribution in [2.75, 3.05) is 34.5 Å². The third kappa shape index (κ3) is 6.05. The minimum atomic E-state index is -0.617. The maximum atomic E-state index is 12.6. The summed E-state index contributed by atoms with van der Waals surface area (Å²) in [6.07, 6.45) is 3.26. The van der Waals surface area contributed by atoms with E-state index in [0.29, 0.717) is 30.2 Å². The molecule has 34 heavy (non-hydrogen) atoms. The normalized spacial score (nSPS) is 15.2. The Kier molecular flexibility index (Phi) is 8.48. The van der Waals surface area contributed by atoms with E-state index in [9.17, 15) is 14.9 Å². The van der Waals surface area contributed by atoms with Crippen molar-refractivity contribution in [2.24, 2.45) is 0 Å². The fraction of sp³-hybridized carbons (Fsp3) is 0.320. The van der Waals surface area contributed by atoms with Crippen molar-refractivity contribution in [1.82, 2.24) is 5.32 Å². The van der Waals surface area contributed by atoms with E-state index in [1.165, 1.54) is 39.5 Å². The number of rotatable bonds is 9. The van der Waals surface area contributed by atoms with Crippen LogP contribution in [0.4, 0.5) is 0 Å². The molecule has 1 saturated heterocycles. The van der Waals surface area contributed by atoms with Gasteiger partial charge in [-0.15, -0.1) is 0 Å². The molecule has 1 unspecified atom stereocenters. The van der Waals surface area contributed by atoms with E-state index in [-0.39, 0.29) is 28.7 Å². The lowest BCUT2D eigenvalue weighted by Gasteiger charge is -2.12. The first-order chi connectivity index (χ1) is 16.5. The molecule has 0 radical (unpaired) electrons. The molecule has 0 bridgehead atoms. The van der Waals surface area contributed by atoms with E-state index >= 15 is 0 Å². The zero-order valence-electron chi connectivity index (χ0n) is 19.3. The number of nitrogens with one attached hydrogen (secondary N) is 1. The van der Waals surface area contributed by atoms with Crippen LogP contribution in [-0.2, 0) is 9.53 Å². The number of carbonyl (C=O) groups is 2. The number of ether oxygens (including phenoxy) is 5. The number of esters is 1. The third-order valence-electron chi connectivity index (χ3n) is 5.20. The molecule has 0 aromatic heterocycles. The Hall–Kier alpha value is -4.03. The summed E-state index contributed by atoms with van der Waals surface area (Å²) in [5.41, 5.74) is 0.736. The maximum absolute atomic E-state index is 12.6. The van der Waals surface area contributed by atoms with E-state index in [1.54, 1.807) is 24.3 Å². The second-order valence-corrected chi connectivity index (χ2v) is 7.38. The van der Waals surface area contributed by atoms with Gasteiger partial charge in [-0.1, -0.05) is 6.07 Å². The number of nitriles is 1. The summed E-state index contributed by atoms with van der Waals surface area (Å²) in [6.45, 7) is 1.04. The van der Waals surface area contributed by atoms with Crippen LogP contribution in [-0.4, -0.2) is 52.5 Å². The van der Waals surface area contributed by atoms with Crippen molar-refractivity contribution < 1.29 is 33.3 Å². The highest BCUT2D eigenvalue weighted by molar-refractivity contribution is 6.01. The number of carbonyl (C=O) groups excluding carboxylic acids is 2. The van der Waals surface area contributed by atoms with E-state index < -0.39 is 11.9 Å². The smallest absolute Gasteiger partial charge is 0.343 e. The molecule has 3 rings (SSSR count). The highest BCUT2D eigenvalue weighted by atomic mass is 16.6. The van der Waals surface area contributed by atoms with Crippen LogP contribution in [0.1, 0.15) is 28.8 Å². The summed E-state index contributed by atoms with van der Waals surface area (Å²) in [5, 5.41) is 12.1. The van der Waals surface area contributed by atoms with Crippen molar-refractivity contribution in [1.29, 1.82) is 5.26 Å². The van der Waals surface area contributed by atoms with Gasteiger partial charge in [0.2, 0.25) is 0 Å². The molecule has 1 aliphatic rings. The monoisotopic (exact) mass is 466 g/mol. The molecule has 178 valence electrons. The van der Waals surface area contributed by atoms with Crippen LogP contribution >= 0.6 is 0 Å². The summed E-state index contributed by atoms with van der Waals surface area (Å²) in [6, 6.07) is 11.3. The lowest BCUT2D eigenvalue weighted by atomic mass is 10.1. The van der Waals surface area contributed by atoms with Gasteiger partial charge in [0.25, 0.3) is 5.91 Å². The largest absolute Gasteiger partial charge is 0.493 e. The molecule has 2 aromatic carbocycles. The first kappa shape index (κ1) is 24.6. The van der Waals surface area contributed by atoms with Crippen molar-refractivity contribution >= 4 is 18.0 Å². The summed E-state index contributed by atoms with van der Waals surface area (Å²) in [4.78, 5) is 25.0. The molecule has 1 atom stereocenters. The quantitative estimate of drug-likeness (QED) is 0.259. The highest BCUT2D eigenvalue weighted by Crippen LogP contribution is 2.31. The topological polar surface area (TPSA) is 116 Å². The number of benzene rings is 2. The van der Waals surface area contributed by atoms with Crippen molar-refractivity contribution in [3.05, 3.63) is 53.1 Å². The third-order valence-corrected chi connectivity index (χ3v) is 5.20. The highest BCUT2D eigenvalue weighted by Gasteiger charge is 2.19. The van der Waals surface area contributed by atoms with Gasteiger partial charge in [0, 0.05) is 13.2 Å². The fourth-order valence-corrected chi connectivity index (χ4v) is 3.40. The maximum Gasteiger partial charge on any atom is 0.343 e. The first-order valence-electron chi connectivity index (χ1n) is 10.6. The Balaban J connectivity index is 1.73. The first-order valence-corrected chi connectivity index (χ1v) is 10.6. The second-order valence-electron chi connectivity index (χ2n) is 7.38. The molecule has 1 N–H and O–H groups in total. The van der Waals surface area contributed by atoms with Gasteiger partial charge < -0.3 is 29.0 Å². The van der Waals surface area contributed by atoms with Gasteiger partial charge in [-0.3, -0.25) is 4.79 Å². The van der Waals surface area contributed by atoms with E-state index in [2.05, 4.69) is 5.32 Å². The molecule has 0 spiro atoms. The number of nitrogens with zero attached hydrogens (tertiary/aromatic N) is 1. The van der Waals surface area contributed by atoms with Gasteiger partial charge in [0.05, 0.1) is 33.0 Å². The predicted molar refractivity (Wildman–Crippen MR) is 123 cm³/mol. The Bertz CT molecular complexity index is 1110. The summed E-state index contributed by atoms with van der Waals surface area (Å²) in [7, 11) is 4.40. The van der Waals surface area contributed by atoms with E-state index in [0.717, 1.165) is 12.8 Å². The standard InChI is InChI=1S/C25H26N2O7/c1-30-20-9-7-17(13-23(20)32-3)25(29)34-21-8-6-16(12-22(21)31-2)11-18(14-26)24(28)27-15-19-5-4-10-33-19/h6-9,11-13,19H,4-5,10,15H2,1-3H3,(H,27,28)/b18-11+. The number of hydrogen-bond acceptors (Lipinski definition) is 8. The molecule has 1 amide bonds. The van der Waals surface area contributed by atoms with Gasteiger partial charge in [-0.05, 0) is 54.8 Å². The van der Waals surface area contributed by atoms with Gasteiger partial charge in [-0.2, -0.15) is 5.26 Å². The number of hydrogen-bond donors (Lipinski definition) is 1. The summed E-state index contributed by atoms with van der Waals surface area (Å²) >= 11 is 0. The van der Waals surface area contributed by atoms with Crippen LogP contribution < -0.4 is 24.3 Å². The second kappa shape index (κ2) is 11.7. The molecule has 0 aliphatic carbocycles. The molecular weight excluding hydrogens is 440 g/mol. The van der Waals surface area contributed by atoms with E-state index in [4.69, 9.17) is 23.7 Å². The molecule has 1 fully saturated rings. The Morgan fingerprint density at radius 3 is 2.41 bits per heavy atom. The predicted octanol–water partition coefficient (Wildman–Crippen LogP) is 3.13. The molecule has 1 heterocycles. The van der Waals surface area contributed by atoms with Crippen LogP contribution in [0.15, 0.2) is 42.0 Å². The van der Waals surface area contributed by atoms with Crippen LogP contribution in [0.5, 0.6) is 23.0 Å². The molecule has 9 nitrogen and oxygen atoms in total. The van der Waals surface area contributed by atoms with Crippen molar-refractivity contribution in [3.63, 3.8) is 0 Å². The SMILES string of the molecule is COc1ccc(C(=O)Oc2ccc(/C=C(\C#N)C(=O)NCC3CCCO3)cc2OC)cc1OC. The zero-order valence-corrected chi connectivity index (χ0v) is 19.3. The molecule has 2 aromatic rings. The van der Waals surface area contributed by atoms with Gasteiger partial charge in [0.1, 0.15) is 11.6 Å². The van der Waals surface area contributed by atoms with Gasteiger partial charge in [0.15, 0.2) is 23.0 Å². The average molecular weight is 466 g/mol. The minimum absolute atomic E-state index is 0.0244. The fourth-order valence-electron chi connectivity index (χ4n) is 3.40. The molecule has 1 aliphatic heterocycles. The average Bonchev–Trinajstić information content (AvgIpc) is 3.39. The van der Waals surface area contributed by atoms with Crippen molar-refractivity contribution in [2.45, 2.75) is 18.9 Å². The number of amides is 1. The lowest BCUT2D eigenvalue weighted by molar-refractivity contribution is -0.117. The van der Waals surface area contributed by atoms with Crippen LogP contribution in [0.3, 0.4) is 0 Å². The van der Waals surface area contributed by atoms with Crippen LogP contribution in [0, 0.1) is 11.3 Å². The van der Waals surface area contributed by atoms with E-state index in [1.807, 2.05) is 6.07 Å². The zero-order chi connectivity index (χ0) is 24.5. The summed E-state index contributed by atoms with van der Waals surface area (Å²) < 4.78 is 26.7. The molecule has 9 heteroatoms. The van der Waals surface area contributed by atoms with Crippen molar-refractivity contribution in [3.8, 4) is 29.1 Å². The van der Waals surface area contributed by atoms with Crippen LogP contribution in [0.2, 0.25) is 0 Å². The van der Waals surface area contributed by atoms with Crippen LogP contribution in [0.25, 0.3) is 6.08 Å². The summed E-state index contributed by atoms with van der Waals surface area (Å²) in [5.74, 6) is 0.224. The van der Waals surface area contributed by atoms with Gasteiger partial charge in [-0.25, -0.2) is 4.79 Å². The Labute approximate surface area is 197 Å². The molecule has 0 saturated carbocycles. The Morgan fingerprint density at radius 2 is 1.76 bits per heavy atom. The Morgan fingerprint density at radius 1 is 1.06 bits per heavy atom. The van der Waals surface area contributed by atoms with Gasteiger partial charge >= 0.3 is 5.97 Å². The minimum Gasteiger partial charge on any atom is -0.493 e.